The fourth-order valence-corrected chi connectivity index (χ4v) is 1.76. The number of amides is 2. The molecule has 0 saturated carbocycles. The maximum atomic E-state index is 11.7. The molecule has 1 fully saturated rings. The molecule has 1 atom stereocenters. The second-order valence-corrected chi connectivity index (χ2v) is 3.39. The van der Waals surface area contributed by atoms with Crippen LogP contribution in [0.25, 0.3) is 0 Å². The van der Waals surface area contributed by atoms with Gasteiger partial charge in [0.15, 0.2) is 0 Å². The van der Waals surface area contributed by atoms with Crippen LogP contribution >= 0.6 is 0 Å². The lowest BCUT2D eigenvalue weighted by Crippen LogP contribution is -2.35. The summed E-state index contributed by atoms with van der Waals surface area (Å²) in [7, 11) is 0. The van der Waals surface area contributed by atoms with E-state index >= 15 is 0 Å². The molecule has 0 radical (unpaired) electrons. The van der Waals surface area contributed by atoms with E-state index in [9.17, 15) is 9.59 Å². The van der Waals surface area contributed by atoms with Gasteiger partial charge in [-0.05, 0) is 6.42 Å². The maximum Gasteiger partial charge on any atom is 0.415 e. The molecule has 1 aliphatic rings. The number of nitrogens with one attached hydrogen (secondary N) is 1. The van der Waals surface area contributed by atoms with Crippen molar-refractivity contribution >= 4 is 12.0 Å². The Bertz CT molecular complexity index is 402. The van der Waals surface area contributed by atoms with Crippen molar-refractivity contribution in [2.24, 2.45) is 0 Å². The molecular formula is C11H11NO3. The van der Waals surface area contributed by atoms with Crippen LogP contribution in [0.15, 0.2) is 30.3 Å². The number of alkyl carbamates (subject to hydrolysis) is 1. The minimum Gasteiger partial charge on any atom is -0.428 e. The first-order valence-electron chi connectivity index (χ1n) is 4.79. The second kappa shape index (κ2) is 3.38. The second-order valence-electron chi connectivity index (χ2n) is 3.39. The molecule has 78 valence electrons. The normalized spacial score (nSPS) is 24.9. The predicted octanol–water partition coefficient (Wildman–Crippen LogP) is 1.56. The minimum atomic E-state index is -1.14. The first kappa shape index (κ1) is 9.71. The third kappa shape index (κ3) is 1.38. The molecular weight excluding hydrogens is 194 g/mol. The summed E-state index contributed by atoms with van der Waals surface area (Å²) in [5, 5.41) is 2.16. The van der Waals surface area contributed by atoms with Crippen LogP contribution in [0.1, 0.15) is 18.9 Å². The van der Waals surface area contributed by atoms with Gasteiger partial charge < -0.3 is 4.74 Å². The lowest BCUT2D eigenvalue weighted by molar-refractivity contribution is -0.132. The fraction of sp³-hybridized carbons (Fsp3) is 0.273. The lowest BCUT2D eigenvalue weighted by atomic mass is 9.91. The lowest BCUT2D eigenvalue weighted by Gasteiger charge is -2.22. The van der Waals surface area contributed by atoms with Crippen LogP contribution in [-0.4, -0.2) is 12.0 Å². The highest BCUT2D eigenvalue weighted by molar-refractivity contribution is 6.03. The van der Waals surface area contributed by atoms with E-state index in [1.807, 2.05) is 25.1 Å². The molecule has 1 aromatic rings. The fourth-order valence-electron chi connectivity index (χ4n) is 1.76. The number of carbonyl (C=O) groups is 2. The van der Waals surface area contributed by atoms with Gasteiger partial charge in [-0.3, -0.25) is 10.1 Å². The van der Waals surface area contributed by atoms with E-state index in [1.165, 1.54) is 0 Å². The molecule has 0 aromatic heterocycles. The third-order valence-corrected chi connectivity index (χ3v) is 2.59. The summed E-state index contributed by atoms with van der Waals surface area (Å²) in [4.78, 5) is 22.7. The van der Waals surface area contributed by atoms with Crippen molar-refractivity contribution in [2.45, 2.75) is 18.9 Å². The number of hydrogen-bond acceptors (Lipinski definition) is 3. The summed E-state index contributed by atoms with van der Waals surface area (Å²) in [5.74, 6) is -0.388. The number of cyclic esters (lactones) is 1. The molecule has 4 heteroatoms. The number of imide groups is 1. The molecule has 2 rings (SSSR count). The largest absolute Gasteiger partial charge is 0.428 e. The van der Waals surface area contributed by atoms with E-state index in [0.29, 0.717) is 12.0 Å². The minimum absolute atomic E-state index is 0.388. The highest BCUT2D eigenvalue weighted by atomic mass is 16.6. The maximum absolute atomic E-state index is 11.7. The highest BCUT2D eigenvalue weighted by Crippen LogP contribution is 2.33. The Morgan fingerprint density at radius 2 is 1.93 bits per heavy atom. The molecule has 0 bridgehead atoms. The Hall–Kier alpha value is -1.84. The van der Waals surface area contributed by atoms with Gasteiger partial charge in [-0.15, -0.1) is 0 Å². The van der Waals surface area contributed by atoms with Gasteiger partial charge >= 0.3 is 6.09 Å². The number of rotatable bonds is 2. The van der Waals surface area contributed by atoms with Crippen molar-refractivity contribution < 1.29 is 14.3 Å². The molecule has 1 saturated heterocycles. The number of hydrogen-bond donors (Lipinski definition) is 1. The van der Waals surface area contributed by atoms with Crippen molar-refractivity contribution in [1.29, 1.82) is 0 Å². The molecule has 0 aliphatic carbocycles. The number of ether oxygens (including phenoxy) is 1. The average Bonchev–Trinajstić information content (AvgIpc) is 2.56. The third-order valence-electron chi connectivity index (χ3n) is 2.59. The summed E-state index contributed by atoms with van der Waals surface area (Å²) in [6, 6.07) is 9.03. The number of carbonyl (C=O) groups excluding carboxylic acids is 2. The number of benzene rings is 1. The standard InChI is InChI=1S/C11H11NO3/c1-2-11(8-6-4-3-5-7-8)9(13)12-10(14)15-11/h3-7H,2H2,1H3,(H,12,13,14)/t11-/m1/s1. The van der Waals surface area contributed by atoms with Crippen LogP contribution in [-0.2, 0) is 15.1 Å². The Kier molecular flexibility index (Phi) is 2.19. The van der Waals surface area contributed by atoms with Gasteiger partial charge in [0.2, 0.25) is 5.60 Å². The van der Waals surface area contributed by atoms with Gasteiger partial charge in [0.05, 0.1) is 0 Å². The van der Waals surface area contributed by atoms with E-state index in [1.54, 1.807) is 12.1 Å². The van der Waals surface area contributed by atoms with Crippen molar-refractivity contribution in [2.75, 3.05) is 0 Å². The van der Waals surface area contributed by atoms with Crippen LogP contribution in [0.2, 0.25) is 0 Å². The topological polar surface area (TPSA) is 55.4 Å². The van der Waals surface area contributed by atoms with Gasteiger partial charge in [-0.2, -0.15) is 0 Å². The molecule has 1 heterocycles. The van der Waals surface area contributed by atoms with E-state index in [0.717, 1.165) is 0 Å². The molecule has 2 amide bonds. The smallest absolute Gasteiger partial charge is 0.415 e. The van der Waals surface area contributed by atoms with E-state index < -0.39 is 11.7 Å². The first-order valence-corrected chi connectivity index (χ1v) is 4.79. The van der Waals surface area contributed by atoms with Gasteiger partial charge in [0, 0.05) is 5.56 Å². The zero-order chi connectivity index (χ0) is 10.9. The average molecular weight is 205 g/mol. The summed E-state index contributed by atoms with van der Waals surface area (Å²) in [5.41, 5.74) is -0.436. The first-order chi connectivity index (χ1) is 7.19. The van der Waals surface area contributed by atoms with Crippen LogP contribution in [0.3, 0.4) is 0 Å². The molecule has 4 nitrogen and oxygen atoms in total. The quantitative estimate of drug-likeness (QED) is 0.797. The van der Waals surface area contributed by atoms with Gasteiger partial charge in [-0.1, -0.05) is 37.3 Å². The van der Waals surface area contributed by atoms with Crippen molar-refractivity contribution in [3.8, 4) is 0 Å². The van der Waals surface area contributed by atoms with Gasteiger partial charge in [0.1, 0.15) is 0 Å². The van der Waals surface area contributed by atoms with Crippen LogP contribution in [0, 0.1) is 0 Å². The monoisotopic (exact) mass is 205 g/mol. The Balaban J connectivity index is 2.47. The summed E-state index contributed by atoms with van der Waals surface area (Å²) in [6.45, 7) is 1.81. The van der Waals surface area contributed by atoms with Crippen molar-refractivity contribution in [3.63, 3.8) is 0 Å². The van der Waals surface area contributed by atoms with Crippen LogP contribution < -0.4 is 5.32 Å². The van der Waals surface area contributed by atoms with Crippen molar-refractivity contribution in [1.82, 2.24) is 5.32 Å². The highest BCUT2D eigenvalue weighted by Gasteiger charge is 2.48. The molecule has 1 aromatic carbocycles. The van der Waals surface area contributed by atoms with E-state index in [2.05, 4.69) is 5.32 Å². The van der Waals surface area contributed by atoms with E-state index in [-0.39, 0.29) is 5.91 Å². The Labute approximate surface area is 87.2 Å². The molecule has 0 unspecified atom stereocenters. The van der Waals surface area contributed by atoms with Crippen LogP contribution in [0.4, 0.5) is 4.79 Å². The molecule has 1 aliphatic heterocycles. The molecule has 1 N–H and O–H groups in total. The SMILES string of the molecule is CC[C@]1(c2ccccc2)OC(=O)NC1=O. The summed E-state index contributed by atoms with van der Waals surface area (Å²) in [6.07, 6.45) is -0.250. The van der Waals surface area contributed by atoms with Crippen LogP contribution in [0.5, 0.6) is 0 Å². The zero-order valence-electron chi connectivity index (χ0n) is 8.32. The Morgan fingerprint density at radius 1 is 1.27 bits per heavy atom. The summed E-state index contributed by atoms with van der Waals surface area (Å²) >= 11 is 0. The Morgan fingerprint density at radius 3 is 2.40 bits per heavy atom. The van der Waals surface area contributed by atoms with Gasteiger partial charge in [-0.25, -0.2) is 4.79 Å². The summed E-state index contributed by atoms with van der Waals surface area (Å²) < 4.78 is 5.10. The van der Waals surface area contributed by atoms with Gasteiger partial charge in [0.25, 0.3) is 5.91 Å². The van der Waals surface area contributed by atoms with Crippen molar-refractivity contribution in [3.05, 3.63) is 35.9 Å². The molecule has 15 heavy (non-hydrogen) atoms. The van der Waals surface area contributed by atoms with E-state index in [4.69, 9.17) is 4.74 Å². The predicted molar refractivity (Wildman–Crippen MR) is 53.0 cm³/mol. The molecule has 0 spiro atoms. The zero-order valence-corrected chi connectivity index (χ0v) is 8.32.